The van der Waals surface area contributed by atoms with E-state index in [1.807, 2.05) is 48.8 Å². The summed E-state index contributed by atoms with van der Waals surface area (Å²) in [7, 11) is 0. The fourth-order valence-corrected chi connectivity index (χ4v) is 11.7. The van der Waals surface area contributed by atoms with Gasteiger partial charge in [0.05, 0.1) is 22.4 Å². The van der Waals surface area contributed by atoms with Crippen molar-refractivity contribution < 1.29 is 24.1 Å². The molecule has 0 aliphatic rings. The Kier molecular flexibility index (Phi) is 10.3. The van der Waals surface area contributed by atoms with Crippen molar-refractivity contribution in [2.45, 2.75) is 0 Å². The molecule has 14 rings (SSSR count). The third-order valence-electron chi connectivity index (χ3n) is 13.8. The molecule has 14 aromatic rings. The summed E-state index contributed by atoms with van der Waals surface area (Å²) >= 11 is 2.47. The monoisotopic (exact) mass is 1120 g/mol. The van der Waals surface area contributed by atoms with E-state index in [9.17, 15) is 0 Å². The summed E-state index contributed by atoms with van der Waals surface area (Å²) in [4.78, 5) is 10.1. The van der Waals surface area contributed by atoms with Crippen LogP contribution in [0.15, 0.2) is 243 Å². The molecule has 5 aromatic heterocycles. The number of para-hydroxylation sites is 6. The number of nitrogens with zero attached hydrogens (tertiary/aromatic N) is 6. The van der Waals surface area contributed by atoms with E-state index in [0.717, 1.165) is 104 Å². The van der Waals surface area contributed by atoms with Gasteiger partial charge in [-0.2, -0.15) is 0 Å². The van der Waals surface area contributed by atoms with Crippen LogP contribution < -0.4 is 4.74 Å². The zero-order valence-electron chi connectivity index (χ0n) is 39.0. The van der Waals surface area contributed by atoms with Crippen molar-refractivity contribution in [3.63, 3.8) is 0 Å². The van der Waals surface area contributed by atoms with Gasteiger partial charge in [0.2, 0.25) is 0 Å². The number of pyridine rings is 2. The van der Waals surface area contributed by atoms with Crippen LogP contribution in [0.4, 0.5) is 0 Å². The molecule has 0 bridgehead atoms. The number of rotatable bonds is 9. The molecule has 73 heavy (non-hydrogen) atoms. The first-order chi connectivity index (χ1) is 36.2. The third-order valence-corrected chi connectivity index (χ3v) is 14.8. The van der Waals surface area contributed by atoms with Gasteiger partial charge in [-0.15, -0.1) is 0 Å². The average molecular weight is 1120 g/mol. The average Bonchev–Trinajstić information content (AvgIpc) is 4.08. The Bertz CT molecular complexity index is 4380. The normalized spacial score (nSPS) is 11.6. The molecule has 7 nitrogen and oxygen atoms in total. The van der Waals surface area contributed by atoms with Crippen LogP contribution in [0, 0.1) is 15.9 Å². The van der Waals surface area contributed by atoms with Gasteiger partial charge < -0.3 is 4.57 Å². The van der Waals surface area contributed by atoms with E-state index in [-0.39, 0.29) is 0 Å². The van der Waals surface area contributed by atoms with Crippen molar-refractivity contribution in [2.75, 3.05) is 0 Å². The van der Waals surface area contributed by atoms with Gasteiger partial charge in [-0.1, -0.05) is 54.6 Å². The minimum atomic E-state index is 0.559. The maximum atomic E-state index is 6.81. The summed E-state index contributed by atoms with van der Waals surface area (Å²) in [5.41, 5.74) is 15.4. The second-order valence-electron chi connectivity index (χ2n) is 17.9. The molecule has 0 radical (unpaired) electrons. The summed E-state index contributed by atoms with van der Waals surface area (Å²) < 4.78 is 17.0. The van der Waals surface area contributed by atoms with Gasteiger partial charge in [-0.25, -0.2) is 0 Å². The molecule has 0 aliphatic heterocycles. The Morgan fingerprint density at radius 2 is 0.945 bits per heavy atom. The molecule has 0 unspecified atom stereocenters. The number of benzene rings is 9. The molecule has 0 amide bonds. The Labute approximate surface area is 431 Å². The molecular formula is C65H40N6OPt-2. The molecule has 0 atom stereocenters. The van der Waals surface area contributed by atoms with Crippen LogP contribution in [0.3, 0.4) is 0 Å². The fourth-order valence-electron chi connectivity index (χ4n) is 10.6. The molecule has 5 heterocycles. The third kappa shape index (κ3) is 7.11. The second kappa shape index (κ2) is 17.6. The molecule has 0 fully saturated rings. The van der Waals surface area contributed by atoms with Gasteiger partial charge >= 0.3 is 294 Å². The molecule has 0 saturated heterocycles. The van der Waals surface area contributed by atoms with Crippen molar-refractivity contribution >= 4 is 54.6 Å². The van der Waals surface area contributed by atoms with Crippen LogP contribution in [-0.4, -0.2) is 28.2 Å². The summed E-state index contributed by atoms with van der Waals surface area (Å²) in [5.74, 6) is 1.87. The number of hydrogen-bond donors (Lipinski definition) is 0. The van der Waals surface area contributed by atoms with Crippen molar-refractivity contribution in [3.05, 3.63) is 259 Å². The zero-order chi connectivity index (χ0) is 48.4. The minimum absolute atomic E-state index is 0.559. The van der Waals surface area contributed by atoms with E-state index in [0.29, 0.717) is 11.5 Å². The molecule has 0 saturated carbocycles. The Hall–Kier alpha value is -9.16. The van der Waals surface area contributed by atoms with E-state index in [4.69, 9.17) is 14.7 Å². The van der Waals surface area contributed by atoms with Crippen LogP contribution in [0.2, 0.25) is 0 Å². The topological polar surface area (TPSA) is 54.7 Å². The quantitative estimate of drug-likeness (QED) is 0.135. The van der Waals surface area contributed by atoms with Gasteiger partial charge in [0.15, 0.2) is 0 Å². The van der Waals surface area contributed by atoms with Crippen molar-refractivity contribution in [3.8, 4) is 67.9 Å². The molecule has 348 valence electrons. The van der Waals surface area contributed by atoms with Crippen molar-refractivity contribution in [1.29, 1.82) is 0 Å². The van der Waals surface area contributed by atoms with Crippen LogP contribution >= 0.6 is 0 Å². The summed E-state index contributed by atoms with van der Waals surface area (Å²) in [6, 6.07) is 87.8. The van der Waals surface area contributed by atoms with E-state index < -0.39 is 0 Å². The molecular weight excluding hydrogens is 1080 g/mol. The van der Waals surface area contributed by atoms with Gasteiger partial charge in [-0.05, 0) is 24.3 Å². The molecule has 0 spiro atoms. The number of hydrogen-bond acceptors (Lipinski definition) is 3. The van der Waals surface area contributed by atoms with Crippen LogP contribution in [0.1, 0.15) is 0 Å². The number of fused-ring (bicyclic) bond motifs is 7. The predicted octanol–water partition coefficient (Wildman–Crippen LogP) is 15.9. The zero-order valence-corrected chi connectivity index (χ0v) is 41.3. The van der Waals surface area contributed by atoms with Crippen LogP contribution in [-0.2, 0) is 19.4 Å². The number of ether oxygens (including phenoxy) is 1. The van der Waals surface area contributed by atoms with Crippen molar-refractivity contribution in [2.24, 2.45) is 0 Å². The fraction of sp³-hybridized carbons (Fsp3) is 0. The SMILES string of the molecule is [Pt]=[c]1n(-c2[c-]c(Oc3[c-]c4c(cc3)c3ccccc3n4-c3cc(-n4c5ccccc5c5ccccc54)c(-c4ccccn4)cn3)ccc2)c2ccccc2n1-c1c(-c2ccccc2)cccc1-c1ccccc1. The van der Waals surface area contributed by atoms with Crippen molar-refractivity contribution in [1.82, 2.24) is 28.2 Å². The van der Waals surface area contributed by atoms with Crippen LogP contribution in [0.5, 0.6) is 11.5 Å². The van der Waals surface area contributed by atoms with Crippen LogP contribution in [0.25, 0.3) is 111 Å². The summed E-state index contributed by atoms with van der Waals surface area (Å²) in [5, 5.41) is 4.49. The van der Waals surface area contributed by atoms with E-state index in [2.05, 4.69) is 244 Å². The summed E-state index contributed by atoms with van der Waals surface area (Å²) in [6.45, 7) is 0. The van der Waals surface area contributed by atoms with E-state index in [1.54, 1.807) is 0 Å². The second-order valence-corrected chi connectivity index (χ2v) is 18.9. The van der Waals surface area contributed by atoms with Gasteiger partial charge in [0.1, 0.15) is 0 Å². The van der Waals surface area contributed by atoms with E-state index in [1.165, 1.54) is 10.8 Å². The molecule has 9 aromatic carbocycles. The maximum absolute atomic E-state index is 6.81. The van der Waals surface area contributed by atoms with E-state index >= 15 is 0 Å². The number of aromatic nitrogens is 6. The van der Waals surface area contributed by atoms with Gasteiger partial charge in [0.25, 0.3) is 0 Å². The summed E-state index contributed by atoms with van der Waals surface area (Å²) in [6.07, 6.45) is 3.79. The van der Waals surface area contributed by atoms with Gasteiger partial charge in [-0.3, -0.25) is 4.98 Å². The first-order valence-corrected chi connectivity index (χ1v) is 25.3. The Morgan fingerprint density at radius 1 is 0.397 bits per heavy atom. The molecule has 0 N–H and O–H groups in total. The molecule has 0 aliphatic carbocycles. The standard InChI is InChI=1S/C65H40N6O.Pt/c1-3-19-44(20-4-1)49-28-18-29-50(45-21-5-2-6-22-45)65(49)69-43-68(60-34-13-14-35-61(60)69)46-23-17-24-47(39-46)72-48-36-37-54-53-27-9-12-33-59(53)71(62(54)40-48)64-41-63(55(42-67-64)56-30-15-16-38-66-56)70-57-31-10-7-25-51(57)52-26-8-11-32-58(52)70;/h1-38,41-42H;/q-2;. The number of imidazole rings is 1. The molecule has 8 heteroatoms. The Morgan fingerprint density at radius 3 is 1.59 bits per heavy atom. The predicted molar refractivity (Wildman–Crippen MR) is 291 cm³/mol. The Balaban J connectivity index is 0.907. The first kappa shape index (κ1) is 42.7. The van der Waals surface area contributed by atoms with Gasteiger partial charge in [0, 0.05) is 28.7 Å². The first-order valence-electron chi connectivity index (χ1n) is 24.1.